The second-order valence-corrected chi connectivity index (χ2v) is 6.48. The van der Waals surface area contributed by atoms with Crippen molar-refractivity contribution < 1.29 is 0 Å². The summed E-state index contributed by atoms with van der Waals surface area (Å²) in [5, 5.41) is 3.36. The first-order chi connectivity index (χ1) is 12.2. The minimum absolute atomic E-state index is 0.888. The number of nitrogens with one attached hydrogen (secondary N) is 1. The highest BCUT2D eigenvalue weighted by Gasteiger charge is 2.16. The predicted molar refractivity (Wildman–Crippen MR) is 103 cm³/mol. The van der Waals surface area contributed by atoms with Crippen LogP contribution in [0, 0.1) is 6.92 Å². The van der Waals surface area contributed by atoms with Crippen molar-refractivity contribution in [2.24, 2.45) is 0 Å². The lowest BCUT2D eigenvalue weighted by atomic mass is 9.92. The van der Waals surface area contributed by atoms with Gasteiger partial charge in [-0.25, -0.2) is 4.98 Å². The lowest BCUT2D eigenvalue weighted by Gasteiger charge is -2.20. The van der Waals surface area contributed by atoms with E-state index in [-0.39, 0.29) is 0 Å². The highest BCUT2D eigenvalue weighted by molar-refractivity contribution is 5.78. The van der Waals surface area contributed by atoms with E-state index in [1.165, 1.54) is 22.3 Å². The van der Waals surface area contributed by atoms with Crippen molar-refractivity contribution in [1.82, 2.24) is 9.97 Å². The van der Waals surface area contributed by atoms with E-state index < -0.39 is 0 Å². The Labute approximate surface area is 148 Å². The first-order valence-corrected chi connectivity index (χ1v) is 8.69. The van der Waals surface area contributed by atoms with Gasteiger partial charge in [-0.3, -0.25) is 4.98 Å². The van der Waals surface area contributed by atoms with Crippen molar-refractivity contribution in [2.45, 2.75) is 26.7 Å². The van der Waals surface area contributed by atoms with E-state index >= 15 is 0 Å². The summed E-state index contributed by atoms with van der Waals surface area (Å²) in [6.45, 7) is 4.26. The van der Waals surface area contributed by atoms with Gasteiger partial charge in [0.05, 0.1) is 0 Å². The SMILES string of the molecule is CCc1ccccc1C1=CNc2ncc(-c3cncc(C)c3)cc2C1. The van der Waals surface area contributed by atoms with Gasteiger partial charge in [0.2, 0.25) is 0 Å². The number of benzene rings is 1. The zero-order chi connectivity index (χ0) is 17.2. The van der Waals surface area contributed by atoms with Gasteiger partial charge in [-0.15, -0.1) is 0 Å². The maximum absolute atomic E-state index is 4.61. The van der Waals surface area contributed by atoms with Crippen molar-refractivity contribution >= 4 is 11.4 Å². The van der Waals surface area contributed by atoms with Gasteiger partial charge in [0, 0.05) is 42.3 Å². The molecule has 1 aliphatic heterocycles. The molecule has 0 unspecified atom stereocenters. The summed E-state index contributed by atoms with van der Waals surface area (Å²) in [4.78, 5) is 8.92. The predicted octanol–water partition coefficient (Wildman–Crippen LogP) is 5.02. The topological polar surface area (TPSA) is 37.8 Å². The van der Waals surface area contributed by atoms with Crippen LogP contribution >= 0.6 is 0 Å². The number of aromatic nitrogens is 2. The number of hydrogen-bond acceptors (Lipinski definition) is 3. The molecule has 0 aliphatic carbocycles. The van der Waals surface area contributed by atoms with Crippen LogP contribution in [0.25, 0.3) is 16.7 Å². The third-order valence-electron chi connectivity index (χ3n) is 4.68. The van der Waals surface area contributed by atoms with Crippen LogP contribution in [0.2, 0.25) is 0 Å². The van der Waals surface area contributed by atoms with Gasteiger partial charge in [-0.05, 0) is 53.3 Å². The molecule has 25 heavy (non-hydrogen) atoms. The molecule has 0 spiro atoms. The number of fused-ring (bicyclic) bond motifs is 1. The fourth-order valence-electron chi connectivity index (χ4n) is 3.37. The molecule has 1 aromatic carbocycles. The molecular formula is C22H21N3. The average Bonchev–Trinajstić information content (AvgIpc) is 2.67. The second kappa shape index (κ2) is 6.52. The van der Waals surface area contributed by atoms with Crippen molar-refractivity contribution in [3.05, 3.63) is 83.4 Å². The summed E-state index contributed by atoms with van der Waals surface area (Å²) < 4.78 is 0. The maximum Gasteiger partial charge on any atom is 0.133 e. The molecule has 3 nitrogen and oxygen atoms in total. The molecule has 3 aromatic rings. The summed E-state index contributed by atoms with van der Waals surface area (Å²) in [6.07, 6.45) is 9.71. The number of rotatable bonds is 3. The molecule has 3 heterocycles. The van der Waals surface area contributed by atoms with Gasteiger partial charge in [-0.2, -0.15) is 0 Å². The third-order valence-corrected chi connectivity index (χ3v) is 4.68. The molecule has 0 amide bonds. The summed E-state index contributed by atoms with van der Waals surface area (Å²) >= 11 is 0. The normalized spacial score (nSPS) is 13.0. The van der Waals surface area contributed by atoms with Crippen LogP contribution in [0.4, 0.5) is 5.82 Å². The fourth-order valence-corrected chi connectivity index (χ4v) is 3.37. The number of pyridine rings is 2. The highest BCUT2D eigenvalue weighted by Crippen LogP contribution is 2.32. The van der Waals surface area contributed by atoms with Gasteiger partial charge < -0.3 is 5.32 Å². The van der Waals surface area contributed by atoms with E-state index in [4.69, 9.17) is 0 Å². The summed E-state index contributed by atoms with van der Waals surface area (Å²) in [5.41, 5.74) is 8.62. The third kappa shape index (κ3) is 3.05. The van der Waals surface area contributed by atoms with E-state index in [1.54, 1.807) is 0 Å². The van der Waals surface area contributed by atoms with E-state index in [0.29, 0.717) is 0 Å². The Hall–Kier alpha value is -2.94. The average molecular weight is 327 g/mol. The van der Waals surface area contributed by atoms with Crippen LogP contribution in [0.3, 0.4) is 0 Å². The van der Waals surface area contributed by atoms with Gasteiger partial charge in [-0.1, -0.05) is 31.2 Å². The van der Waals surface area contributed by atoms with Crippen LogP contribution in [-0.4, -0.2) is 9.97 Å². The lowest BCUT2D eigenvalue weighted by molar-refractivity contribution is 1.11. The van der Waals surface area contributed by atoms with Crippen LogP contribution in [0.5, 0.6) is 0 Å². The fraction of sp³-hybridized carbons (Fsp3) is 0.182. The van der Waals surface area contributed by atoms with Crippen molar-refractivity contribution in [1.29, 1.82) is 0 Å². The van der Waals surface area contributed by atoms with Crippen molar-refractivity contribution in [2.75, 3.05) is 5.32 Å². The van der Waals surface area contributed by atoms with E-state index in [0.717, 1.165) is 35.3 Å². The Balaban J connectivity index is 1.69. The minimum atomic E-state index is 0.888. The molecule has 0 fully saturated rings. The Morgan fingerprint density at radius 2 is 1.88 bits per heavy atom. The van der Waals surface area contributed by atoms with Crippen LogP contribution in [0.1, 0.15) is 29.2 Å². The molecule has 0 radical (unpaired) electrons. The van der Waals surface area contributed by atoms with Gasteiger partial charge in [0.25, 0.3) is 0 Å². The molecule has 1 aliphatic rings. The minimum Gasteiger partial charge on any atom is -0.346 e. The van der Waals surface area contributed by atoms with Gasteiger partial charge in [0.15, 0.2) is 0 Å². The number of nitrogens with zero attached hydrogens (tertiary/aromatic N) is 2. The van der Waals surface area contributed by atoms with Crippen molar-refractivity contribution in [3.8, 4) is 11.1 Å². The highest BCUT2D eigenvalue weighted by atomic mass is 15.0. The summed E-state index contributed by atoms with van der Waals surface area (Å²) in [5.74, 6) is 0.946. The standard InChI is InChI=1S/C22H21N3/c1-3-16-6-4-5-7-21(16)20-10-17-9-19(13-24-22(17)25-14-20)18-8-15(2)11-23-12-18/h4-9,11-14H,3,10H2,1-2H3,(H,24,25). The molecule has 0 bridgehead atoms. The van der Waals surface area contributed by atoms with Crippen LogP contribution in [0.15, 0.2) is 61.2 Å². The zero-order valence-electron chi connectivity index (χ0n) is 14.6. The summed E-state index contributed by atoms with van der Waals surface area (Å²) in [7, 11) is 0. The molecule has 0 saturated carbocycles. The van der Waals surface area contributed by atoms with Gasteiger partial charge >= 0.3 is 0 Å². The zero-order valence-corrected chi connectivity index (χ0v) is 14.6. The molecule has 2 aromatic heterocycles. The van der Waals surface area contributed by atoms with Crippen LogP contribution < -0.4 is 5.32 Å². The molecule has 0 saturated heterocycles. The quantitative estimate of drug-likeness (QED) is 0.733. The van der Waals surface area contributed by atoms with E-state index in [2.05, 4.69) is 71.7 Å². The molecule has 4 rings (SSSR count). The maximum atomic E-state index is 4.61. The Bertz CT molecular complexity index is 957. The molecular weight excluding hydrogens is 306 g/mol. The molecule has 1 N–H and O–H groups in total. The first-order valence-electron chi connectivity index (χ1n) is 8.69. The van der Waals surface area contributed by atoms with Crippen molar-refractivity contribution in [3.63, 3.8) is 0 Å². The summed E-state index contributed by atoms with van der Waals surface area (Å²) in [6, 6.07) is 13.0. The lowest BCUT2D eigenvalue weighted by Crippen LogP contribution is -2.08. The largest absolute Gasteiger partial charge is 0.346 e. The van der Waals surface area contributed by atoms with Crippen LogP contribution in [-0.2, 0) is 12.8 Å². The molecule has 3 heteroatoms. The smallest absolute Gasteiger partial charge is 0.133 e. The monoisotopic (exact) mass is 327 g/mol. The number of anilines is 1. The first kappa shape index (κ1) is 15.6. The Morgan fingerprint density at radius 1 is 1.04 bits per heavy atom. The Morgan fingerprint density at radius 3 is 2.72 bits per heavy atom. The number of hydrogen-bond donors (Lipinski definition) is 1. The number of aryl methyl sites for hydroxylation is 2. The van der Waals surface area contributed by atoms with E-state index in [1.807, 2.05) is 18.6 Å². The molecule has 124 valence electrons. The second-order valence-electron chi connectivity index (χ2n) is 6.48. The molecule has 0 atom stereocenters. The van der Waals surface area contributed by atoms with E-state index in [9.17, 15) is 0 Å². The Kier molecular flexibility index (Phi) is 4.06. The van der Waals surface area contributed by atoms with Gasteiger partial charge in [0.1, 0.15) is 5.82 Å². The number of allylic oxidation sites excluding steroid dienone is 1.